The van der Waals surface area contributed by atoms with Crippen LogP contribution in [0.25, 0.3) is 71.8 Å². The highest BCUT2D eigenvalue weighted by Crippen LogP contribution is 2.40. The van der Waals surface area contributed by atoms with Crippen molar-refractivity contribution in [1.82, 2.24) is 18.3 Å². The summed E-state index contributed by atoms with van der Waals surface area (Å²) in [6, 6.07) is 35.6. The van der Waals surface area contributed by atoms with Crippen molar-refractivity contribution >= 4 is 55.3 Å². The smallest absolute Gasteiger partial charge is 0.292 e. The average Bonchev–Trinajstić information content (AvgIpc) is 3.67. The number of rotatable bonds is 3. The fraction of sp³-hybridized carbons (Fsp3) is 0.0294. The lowest BCUT2D eigenvalue weighted by molar-refractivity contribution is -0.137. The van der Waals surface area contributed by atoms with E-state index in [4.69, 9.17) is 4.98 Å². The van der Waals surface area contributed by atoms with E-state index in [0.29, 0.717) is 5.56 Å². The van der Waals surface area contributed by atoms with Crippen LogP contribution in [0.4, 0.5) is 13.2 Å². The topological polar surface area (TPSA) is 43.6 Å². The highest BCUT2D eigenvalue weighted by Gasteiger charge is 2.30. The monoisotopic (exact) mass is 572 g/mol. The first-order valence-corrected chi connectivity index (χ1v) is 14.0. The third-order valence-electron chi connectivity index (χ3n) is 7.73. The number of fused-ring (bicyclic) bond motifs is 7. The van der Waals surface area contributed by atoms with E-state index in [-0.39, 0.29) is 0 Å². The molecule has 2 heterocycles. The summed E-state index contributed by atoms with van der Waals surface area (Å²) in [4.78, 5) is 5.27. The molecule has 6 aromatic carbocycles. The molecule has 0 amide bonds. The van der Waals surface area contributed by atoms with Gasteiger partial charge in [-0.25, -0.2) is 4.98 Å². The predicted octanol–water partition coefficient (Wildman–Crippen LogP) is 9.69. The third kappa shape index (κ3) is 3.79. The van der Waals surface area contributed by atoms with Crippen molar-refractivity contribution in [2.75, 3.05) is 0 Å². The molecule has 4 nitrogen and oxygen atoms in total. The van der Waals surface area contributed by atoms with Crippen LogP contribution in [0, 0.1) is 0 Å². The minimum Gasteiger partial charge on any atom is -0.292 e. The van der Waals surface area contributed by atoms with Crippen molar-refractivity contribution in [2.24, 2.45) is 0 Å². The van der Waals surface area contributed by atoms with Gasteiger partial charge < -0.3 is 0 Å². The van der Waals surface area contributed by atoms with E-state index in [1.165, 1.54) is 23.9 Å². The third-order valence-corrected chi connectivity index (χ3v) is 8.27. The molecule has 8 aromatic rings. The molecule has 0 atom stereocenters. The molecule has 0 aliphatic rings. The Labute approximate surface area is 241 Å². The molecule has 0 aliphatic carbocycles. The molecule has 202 valence electrons. The summed E-state index contributed by atoms with van der Waals surface area (Å²) in [6.07, 6.45) is -4.37. The van der Waals surface area contributed by atoms with Crippen LogP contribution in [-0.2, 0) is 6.18 Å². The van der Waals surface area contributed by atoms with Crippen molar-refractivity contribution in [1.29, 1.82) is 0 Å². The van der Waals surface area contributed by atoms with Gasteiger partial charge in [-0.3, -0.25) is 4.57 Å². The zero-order chi connectivity index (χ0) is 28.4. The lowest BCUT2D eigenvalue weighted by Crippen LogP contribution is -2.04. The lowest BCUT2D eigenvalue weighted by atomic mass is 9.99. The number of benzene rings is 6. The molecule has 0 fully saturated rings. The highest BCUT2D eigenvalue weighted by atomic mass is 32.1. The van der Waals surface area contributed by atoms with Gasteiger partial charge in [0.15, 0.2) is 0 Å². The normalized spacial score (nSPS) is 12.2. The minimum atomic E-state index is -4.37. The standard InChI is InChI=1S/C34H19F3N4S/c35-34(36,37)22-16-12-20(13-17-22)21-14-18-23(19-15-21)41-32-27-9-4-2-7-25(27)24-6-1-3-8-26(24)31(32)38-33(41)28-10-5-11-29-30(28)40-42-39-29/h1-19H. The van der Waals surface area contributed by atoms with E-state index in [2.05, 4.69) is 37.6 Å². The number of hydrogen-bond acceptors (Lipinski definition) is 4. The van der Waals surface area contributed by atoms with Crippen LogP contribution in [0.5, 0.6) is 0 Å². The van der Waals surface area contributed by atoms with Gasteiger partial charge in [0, 0.05) is 22.0 Å². The number of halogens is 3. The first-order valence-electron chi connectivity index (χ1n) is 13.3. The molecular formula is C34H19F3N4S. The molecule has 0 aliphatic heterocycles. The quantitative estimate of drug-likeness (QED) is 0.198. The summed E-state index contributed by atoms with van der Waals surface area (Å²) < 4.78 is 50.5. The molecule has 0 saturated carbocycles. The van der Waals surface area contributed by atoms with Crippen molar-refractivity contribution in [3.63, 3.8) is 0 Å². The van der Waals surface area contributed by atoms with Crippen molar-refractivity contribution in [3.8, 4) is 28.2 Å². The predicted molar refractivity (Wildman–Crippen MR) is 163 cm³/mol. The number of aromatic nitrogens is 4. The van der Waals surface area contributed by atoms with Crippen LogP contribution in [-0.4, -0.2) is 18.3 Å². The van der Waals surface area contributed by atoms with E-state index >= 15 is 0 Å². The molecule has 0 spiro atoms. The van der Waals surface area contributed by atoms with Gasteiger partial charge >= 0.3 is 6.18 Å². The highest BCUT2D eigenvalue weighted by molar-refractivity contribution is 7.00. The van der Waals surface area contributed by atoms with Gasteiger partial charge in [0.1, 0.15) is 16.9 Å². The molecule has 0 saturated heterocycles. The lowest BCUT2D eigenvalue weighted by Gasteiger charge is -2.13. The SMILES string of the molecule is FC(F)(F)c1ccc(-c2ccc(-n3c(-c4cccc5nsnc45)nc4c5ccccc5c5ccccc5c43)cc2)cc1. The molecule has 8 rings (SSSR count). The van der Waals surface area contributed by atoms with Crippen LogP contribution in [0.2, 0.25) is 0 Å². The molecule has 2 aromatic heterocycles. The zero-order valence-electron chi connectivity index (χ0n) is 21.8. The summed E-state index contributed by atoms with van der Waals surface area (Å²) in [5.41, 5.74) is 6.06. The second kappa shape index (κ2) is 9.22. The van der Waals surface area contributed by atoms with E-state index in [0.717, 1.165) is 78.4 Å². The molecule has 42 heavy (non-hydrogen) atoms. The Kier molecular flexibility index (Phi) is 5.42. The second-order valence-corrected chi connectivity index (χ2v) is 10.6. The van der Waals surface area contributed by atoms with Crippen molar-refractivity contribution in [2.45, 2.75) is 6.18 Å². The Balaban J connectivity index is 1.41. The minimum absolute atomic E-state index is 0.665. The van der Waals surface area contributed by atoms with Crippen molar-refractivity contribution in [3.05, 3.63) is 121 Å². The maximum absolute atomic E-state index is 13.1. The second-order valence-electron chi connectivity index (χ2n) is 10.1. The molecule has 0 N–H and O–H groups in total. The Bertz CT molecular complexity index is 2280. The van der Waals surface area contributed by atoms with Crippen LogP contribution >= 0.6 is 11.7 Å². The van der Waals surface area contributed by atoms with Gasteiger partial charge in [-0.1, -0.05) is 78.9 Å². The summed E-state index contributed by atoms with van der Waals surface area (Å²) in [7, 11) is 0. The van der Waals surface area contributed by atoms with Gasteiger partial charge in [-0.05, 0) is 58.3 Å². The Morgan fingerprint density at radius 2 is 1.19 bits per heavy atom. The average molecular weight is 573 g/mol. The Hall–Kier alpha value is -5.08. The number of imidazole rings is 1. The summed E-state index contributed by atoms with van der Waals surface area (Å²) in [5.74, 6) is 0.743. The molecular weight excluding hydrogens is 553 g/mol. The number of nitrogens with zero attached hydrogens (tertiary/aromatic N) is 4. The summed E-state index contributed by atoms with van der Waals surface area (Å²) in [5, 5.41) is 4.38. The largest absolute Gasteiger partial charge is 0.416 e. The Morgan fingerprint density at radius 1 is 0.571 bits per heavy atom. The number of hydrogen-bond donors (Lipinski definition) is 0. The van der Waals surface area contributed by atoms with E-state index in [9.17, 15) is 13.2 Å². The maximum atomic E-state index is 13.1. The molecule has 0 radical (unpaired) electrons. The fourth-order valence-electron chi connectivity index (χ4n) is 5.78. The van der Waals surface area contributed by atoms with E-state index < -0.39 is 11.7 Å². The van der Waals surface area contributed by atoms with E-state index in [1.54, 1.807) is 0 Å². The maximum Gasteiger partial charge on any atom is 0.416 e. The van der Waals surface area contributed by atoms with Gasteiger partial charge in [0.25, 0.3) is 0 Å². The fourth-order valence-corrected chi connectivity index (χ4v) is 6.33. The Morgan fingerprint density at radius 3 is 1.88 bits per heavy atom. The van der Waals surface area contributed by atoms with Gasteiger partial charge in [0.05, 0.1) is 28.3 Å². The van der Waals surface area contributed by atoms with Crippen LogP contribution in [0.15, 0.2) is 115 Å². The van der Waals surface area contributed by atoms with Gasteiger partial charge in [0.2, 0.25) is 0 Å². The van der Waals surface area contributed by atoms with Crippen molar-refractivity contribution < 1.29 is 13.2 Å². The first kappa shape index (κ1) is 24.7. The summed E-state index contributed by atoms with van der Waals surface area (Å²) in [6.45, 7) is 0. The summed E-state index contributed by atoms with van der Waals surface area (Å²) >= 11 is 1.17. The first-order chi connectivity index (χ1) is 20.5. The number of alkyl halides is 3. The van der Waals surface area contributed by atoms with Crippen LogP contribution in [0.1, 0.15) is 5.56 Å². The van der Waals surface area contributed by atoms with Gasteiger partial charge in [-0.2, -0.15) is 21.9 Å². The van der Waals surface area contributed by atoms with Gasteiger partial charge in [-0.15, -0.1) is 0 Å². The van der Waals surface area contributed by atoms with E-state index in [1.807, 2.05) is 66.7 Å². The zero-order valence-corrected chi connectivity index (χ0v) is 22.6. The molecule has 0 bridgehead atoms. The molecule has 0 unspecified atom stereocenters. The van der Waals surface area contributed by atoms with Crippen LogP contribution in [0.3, 0.4) is 0 Å². The molecule has 8 heteroatoms. The van der Waals surface area contributed by atoms with Crippen LogP contribution < -0.4 is 0 Å².